The highest BCUT2D eigenvalue weighted by Gasteiger charge is 1.99. The van der Waals surface area contributed by atoms with E-state index in [4.69, 9.17) is 9.57 Å². The molecule has 2 aromatic carbocycles. The van der Waals surface area contributed by atoms with Crippen LogP contribution in [0.25, 0.3) is 10.9 Å². The second-order valence-electron chi connectivity index (χ2n) is 4.65. The summed E-state index contributed by atoms with van der Waals surface area (Å²) in [7, 11) is 1.65. The maximum atomic E-state index is 5.33. The van der Waals surface area contributed by atoms with Crippen molar-refractivity contribution in [2.75, 3.05) is 7.11 Å². The van der Waals surface area contributed by atoms with Gasteiger partial charge in [-0.15, -0.1) is 0 Å². The first-order valence-electron chi connectivity index (χ1n) is 6.71. The van der Waals surface area contributed by atoms with E-state index in [0.29, 0.717) is 6.61 Å². The zero-order chi connectivity index (χ0) is 14.5. The topological polar surface area (TPSA) is 46.6 Å². The fraction of sp³-hybridized carbons (Fsp3) is 0.118. The van der Waals surface area contributed by atoms with E-state index in [1.165, 1.54) is 0 Å². The van der Waals surface area contributed by atoms with Gasteiger partial charge in [0.15, 0.2) is 0 Å². The fourth-order valence-corrected chi connectivity index (χ4v) is 2.13. The maximum absolute atomic E-state index is 5.33. The first-order valence-corrected chi connectivity index (χ1v) is 6.71. The van der Waals surface area contributed by atoms with Crippen molar-refractivity contribution in [2.45, 2.75) is 6.61 Å². The number of hydrogen-bond donors (Lipinski definition) is 1. The van der Waals surface area contributed by atoms with Gasteiger partial charge in [-0.05, 0) is 23.8 Å². The highest BCUT2D eigenvalue weighted by atomic mass is 16.6. The van der Waals surface area contributed by atoms with Gasteiger partial charge in [0.2, 0.25) is 0 Å². The molecule has 0 unspecified atom stereocenters. The average Bonchev–Trinajstić information content (AvgIpc) is 2.95. The van der Waals surface area contributed by atoms with Crippen LogP contribution in [0.3, 0.4) is 0 Å². The Balaban J connectivity index is 1.61. The summed E-state index contributed by atoms with van der Waals surface area (Å²) < 4.78 is 5.11. The fourth-order valence-electron chi connectivity index (χ4n) is 2.13. The number of rotatable bonds is 5. The molecule has 1 N–H and O–H groups in total. The highest BCUT2D eigenvalue weighted by molar-refractivity contribution is 5.98. The molecule has 0 atom stereocenters. The van der Waals surface area contributed by atoms with Gasteiger partial charge in [-0.3, -0.25) is 0 Å². The summed E-state index contributed by atoms with van der Waals surface area (Å²) in [5.41, 5.74) is 3.15. The predicted octanol–water partition coefficient (Wildman–Crippen LogP) is 3.73. The van der Waals surface area contributed by atoms with E-state index >= 15 is 0 Å². The number of fused-ring (bicyclic) bond motifs is 1. The van der Waals surface area contributed by atoms with E-state index in [1.807, 2.05) is 48.7 Å². The molecular formula is C17H16N2O2. The van der Waals surface area contributed by atoms with Crippen molar-refractivity contribution < 1.29 is 9.57 Å². The highest BCUT2D eigenvalue weighted by Crippen LogP contribution is 2.16. The number of para-hydroxylation sites is 1. The Kier molecular flexibility index (Phi) is 3.87. The second-order valence-corrected chi connectivity index (χ2v) is 4.65. The van der Waals surface area contributed by atoms with Crippen molar-refractivity contribution >= 4 is 17.1 Å². The van der Waals surface area contributed by atoms with Gasteiger partial charge in [-0.1, -0.05) is 35.5 Å². The monoisotopic (exact) mass is 280 g/mol. The second kappa shape index (κ2) is 6.13. The molecule has 1 heterocycles. The quantitative estimate of drug-likeness (QED) is 0.572. The van der Waals surface area contributed by atoms with Gasteiger partial charge in [0.05, 0.1) is 13.3 Å². The lowest BCUT2D eigenvalue weighted by Gasteiger charge is -2.02. The Labute approximate surface area is 123 Å². The molecule has 0 saturated carbocycles. The minimum absolute atomic E-state index is 0.433. The average molecular weight is 280 g/mol. The number of benzene rings is 2. The van der Waals surface area contributed by atoms with E-state index in [-0.39, 0.29) is 0 Å². The smallest absolute Gasteiger partial charge is 0.142 e. The summed E-state index contributed by atoms with van der Waals surface area (Å²) in [4.78, 5) is 8.53. The molecule has 0 radical (unpaired) electrons. The molecule has 3 aromatic rings. The molecule has 4 nitrogen and oxygen atoms in total. The molecule has 0 amide bonds. The lowest BCUT2D eigenvalue weighted by molar-refractivity contribution is 0.132. The third-order valence-electron chi connectivity index (χ3n) is 3.28. The summed E-state index contributed by atoms with van der Waals surface area (Å²) in [6, 6.07) is 15.8. The molecule has 106 valence electrons. The number of H-pyrrole nitrogens is 1. The van der Waals surface area contributed by atoms with Gasteiger partial charge in [0, 0.05) is 22.7 Å². The summed E-state index contributed by atoms with van der Waals surface area (Å²) in [6.07, 6.45) is 3.65. The van der Waals surface area contributed by atoms with Gasteiger partial charge in [0.25, 0.3) is 0 Å². The van der Waals surface area contributed by atoms with Crippen LogP contribution in [-0.4, -0.2) is 18.3 Å². The molecule has 3 rings (SSSR count). The van der Waals surface area contributed by atoms with Crippen molar-refractivity contribution in [3.8, 4) is 5.75 Å². The lowest BCUT2D eigenvalue weighted by Crippen LogP contribution is -1.89. The van der Waals surface area contributed by atoms with Crippen LogP contribution in [0.5, 0.6) is 5.75 Å². The standard InChI is InChI=1S/C17H16N2O2/c1-20-15-8-6-13(7-9-15)12-21-19-11-14-10-18-17-5-3-2-4-16(14)17/h2-11,18H,12H2,1H3/b19-11+. The van der Waals surface area contributed by atoms with Gasteiger partial charge >= 0.3 is 0 Å². The summed E-state index contributed by atoms with van der Waals surface area (Å²) in [6.45, 7) is 0.433. The zero-order valence-corrected chi connectivity index (χ0v) is 11.7. The van der Waals surface area contributed by atoms with Crippen LogP contribution in [-0.2, 0) is 11.4 Å². The number of aromatic nitrogens is 1. The Morgan fingerprint density at radius 1 is 1.10 bits per heavy atom. The van der Waals surface area contributed by atoms with Crippen molar-refractivity contribution in [1.82, 2.24) is 4.98 Å². The minimum atomic E-state index is 0.433. The van der Waals surface area contributed by atoms with Gasteiger partial charge in [-0.25, -0.2) is 0 Å². The molecule has 0 aliphatic carbocycles. The third kappa shape index (κ3) is 3.05. The van der Waals surface area contributed by atoms with E-state index in [1.54, 1.807) is 13.3 Å². The number of methoxy groups -OCH3 is 1. The maximum Gasteiger partial charge on any atom is 0.142 e. The predicted molar refractivity (Wildman–Crippen MR) is 83.7 cm³/mol. The zero-order valence-electron chi connectivity index (χ0n) is 11.7. The van der Waals surface area contributed by atoms with E-state index in [0.717, 1.165) is 27.8 Å². The van der Waals surface area contributed by atoms with E-state index in [2.05, 4.69) is 16.2 Å². The molecule has 0 fully saturated rings. The van der Waals surface area contributed by atoms with Crippen LogP contribution in [0.2, 0.25) is 0 Å². The van der Waals surface area contributed by atoms with Crippen LogP contribution in [0, 0.1) is 0 Å². The Morgan fingerprint density at radius 2 is 1.90 bits per heavy atom. The molecule has 0 saturated heterocycles. The van der Waals surface area contributed by atoms with Gasteiger partial charge < -0.3 is 14.6 Å². The Bertz CT molecular complexity index is 745. The SMILES string of the molecule is COc1ccc(CO/N=C/c2c[nH]c3ccccc23)cc1. The molecule has 1 aromatic heterocycles. The molecule has 21 heavy (non-hydrogen) atoms. The summed E-state index contributed by atoms with van der Waals surface area (Å²) >= 11 is 0. The van der Waals surface area contributed by atoms with E-state index < -0.39 is 0 Å². The minimum Gasteiger partial charge on any atom is -0.497 e. The van der Waals surface area contributed by atoms with Crippen molar-refractivity contribution in [3.05, 3.63) is 65.9 Å². The first-order chi connectivity index (χ1) is 10.4. The molecular weight excluding hydrogens is 264 g/mol. The van der Waals surface area contributed by atoms with Crippen LogP contribution in [0.1, 0.15) is 11.1 Å². The van der Waals surface area contributed by atoms with Gasteiger partial charge in [-0.2, -0.15) is 0 Å². The number of ether oxygens (including phenoxy) is 1. The Morgan fingerprint density at radius 3 is 2.71 bits per heavy atom. The number of oxime groups is 1. The van der Waals surface area contributed by atoms with E-state index in [9.17, 15) is 0 Å². The molecule has 0 spiro atoms. The van der Waals surface area contributed by atoms with Crippen LogP contribution in [0.15, 0.2) is 59.9 Å². The van der Waals surface area contributed by atoms with Crippen LogP contribution in [0.4, 0.5) is 0 Å². The largest absolute Gasteiger partial charge is 0.497 e. The number of aromatic amines is 1. The van der Waals surface area contributed by atoms with Crippen molar-refractivity contribution in [2.24, 2.45) is 5.16 Å². The molecule has 0 aliphatic rings. The lowest BCUT2D eigenvalue weighted by atomic mass is 10.2. The number of hydrogen-bond acceptors (Lipinski definition) is 3. The molecule has 0 bridgehead atoms. The van der Waals surface area contributed by atoms with Crippen molar-refractivity contribution in [1.29, 1.82) is 0 Å². The van der Waals surface area contributed by atoms with Crippen molar-refractivity contribution in [3.63, 3.8) is 0 Å². The number of nitrogens with zero attached hydrogens (tertiary/aromatic N) is 1. The number of nitrogens with one attached hydrogen (secondary N) is 1. The summed E-state index contributed by atoms with van der Waals surface area (Å²) in [5.74, 6) is 0.834. The molecule has 0 aliphatic heterocycles. The first kappa shape index (κ1) is 13.2. The Hall–Kier alpha value is -2.75. The normalized spacial score (nSPS) is 11.1. The van der Waals surface area contributed by atoms with Gasteiger partial charge in [0.1, 0.15) is 12.4 Å². The van der Waals surface area contributed by atoms with Crippen LogP contribution >= 0.6 is 0 Å². The molecule has 4 heteroatoms. The summed E-state index contributed by atoms with van der Waals surface area (Å²) in [5, 5.41) is 5.16. The third-order valence-corrected chi connectivity index (χ3v) is 3.28. The van der Waals surface area contributed by atoms with Crippen LogP contribution < -0.4 is 4.74 Å².